The quantitative estimate of drug-likeness (QED) is 0.600. The molecule has 0 fully saturated rings. The van der Waals surface area contributed by atoms with Crippen LogP contribution in [0.1, 0.15) is 16.7 Å². The third-order valence-corrected chi connectivity index (χ3v) is 5.85. The summed E-state index contributed by atoms with van der Waals surface area (Å²) in [6, 6.07) is 11.7. The summed E-state index contributed by atoms with van der Waals surface area (Å²) in [6.45, 7) is 3.69. The summed E-state index contributed by atoms with van der Waals surface area (Å²) in [7, 11) is -3.91. The molecule has 25 heavy (non-hydrogen) atoms. The van der Waals surface area contributed by atoms with E-state index in [1.165, 1.54) is 10.4 Å². The zero-order valence-electron chi connectivity index (χ0n) is 14.2. The number of aryl methyl sites for hydroxylation is 1. The molecule has 0 heterocycles. The fourth-order valence-corrected chi connectivity index (χ4v) is 4.06. The van der Waals surface area contributed by atoms with Gasteiger partial charge >= 0.3 is 0 Å². The van der Waals surface area contributed by atoms with Gasteiger partial charge in [0, 0.05) is 31.3 Å². The molecule has 0 unspecified atom stereocenters. The van der Waals surface area contributed by atoms with E-state index in [0.29, 0.717) is 11.1 Å². The zero-order chi connectivity index (χ0) is 18.6. The second-order valence-corrected chi connectivity index (χ2v) is 7.69. The Morgan fingerprint density at radius 1 is 1.16 bits per heavy atom. The van der Waals surface area contributed by atoms with E-state index in [1.54, 1.807) is 13.8 Å². The number of nitro benzene ring substituents is 1. The number of nitrogens with zero attached hydrogens (tertiary/aromatic N) is 2. The Morgan fingerprint density at radius 2 is 1.80 bits per heavy atom. The molecule has 2 rings (SSSR count). The molecule has 7 nitrogen and oxygen atoms in total. The highest BCUT2D eigenvalue weighted by molar-refractivity contribution is 7.89. The minimum atomic E-state index is -3.91. The molecule has 134 valence electrons. The maximum absolute atomic E-state index is 13.0. The molecule has 0 saturated heterocycles. The van der Waals surface area contributed by atoms with Gasteiger partial charge in [-0.2, -0.15) is 4.31 Å². The number of benzene rings is 2. The molecule has 0 amide bonds. The molecule has 0 aliphatic carbocycles. The van der Waals surface area contributed by atoms with Crippen molar-refractivity contribution in [1.82, 2.24) is 4.31 Å². The van der Waals surface area contributed by atoms with Gasteiger partial charge in [0.05, 0.1) is 9.82 Å². The van der Waals surface area contributed by atoms with E-state index in [9.17, 15) is 18.5 Å². The predicted octanol–water partition coefficient (Wildman–Crippen LogP) is 2.36. The molecule has 0 aromatic heterocycles. The predicted molar refractivity (Wildman–Crippen MR) is 95.7 cm³/mol. The average molecular weight is 363 g/mol. The fourth-order valence-electron chi connectivity index (χ4n) is 2.51. The molecule has 8 heteroatoms. The number of nitrogens with two attached hydrogens (primary N) is 1. The van der Waals surface area contributed by atoms with Crippen molar-refractivity contribution in [2.24, 2.45) is 5.73 Å². The first-order valence-corrected chi connectivity index (χ1v) is 9.21. The molecule has 0 bridgehead atoms. The monoisotopic (exact) mass is 363 g/mol. The normalized spacial score (nSPS) is 11.7. The third kappa shape index (κ3) is 4.22. The molecular weight excluding hydrogens is 342 g/mol. The first kappa shape index (κ1) is 19.0. The van der Waals surface area contributed by atoms with Gasteiger partial charge in [-0.25, -0.2) is 8.42 Å². The summed E-state index contributed by atoms with van der Waals surface area (Å²) in [5.74, 6) is 0. The van der Waals surface area contributed by atoms with Gasteiger partial charge < -0.3 is 5.73 Å². The number of sulfonamides is 1. The lowest BCUT2D eigenvalue weighted by Crippen LogP contribution is -2.35. The van der Waals surface area contributed by atoms with Crippen molar-refractivity contribution >= 4 is 15.7 Å². The van der Waals surface area contributed by atoms with Gasteiger partial charge in [-0.15, -0.1) is 0 Å². The van der Waals surface area contributed by atoms with Crippen molar-refractivity contribution in [3.8, 4) is 0 Å². The van der Waals surface area contributed by atoms with Crippen molar-refractivity contribution in [1.29, 1.82) is 0 Å². The topological polar surface area (TPSA) is 107 Å². The van der Waals surface area contributed by atoms with Crippen molar-refractivity contribution in [3.05, 3.63) is 69.3 Å². The van der Waals surface area contributed by atoms with Crippen molar-refractivity contribution in [3.63, 3.8) is 0 Å². The molecule has 2 N–H and O–H groups in total. The first-order chi connectivity index (χ1) is 11.8. The Balaban J connectivity index is 2.48. The largest absolute Gasteiger partial charge is 0.329 e. The van der Waals surface area contributed by atoms with E-state index >= 15 is 0 Å². The SMILES string of the molecule is Cc1cc(S(=O)(=O)N(CCN)Cc2ccccc2)cc([N+](=O)[O-])c1C. The summed E-state index contributed by atoms with van der Waals surface area (Å²) >= 11 is 0. The second kappa shape index (κ2) is 7.73. The Bertz CT molecular complexity index is 867. The Morgan fingerprint density at radius 3 is 2.36 bits per heavy atom. The number of nitro groups is 1. The van der Waals surface area contributed by atoms with Gasteiger partial charge in [-0.1, -0.05) is 30.3 Å². The van der Waals surface area contributed by atoms with Crippen LogP contribution in [0.15, 0.2) is 47.4 Å². The van der Waals surface area contributed by atoms with E-state index in [2.05, 4.69) is 0 Å². The van der Waals surface area contributed by atoms with E-state index in [4.69, 9.17) is 5.73 Å². The van der Waals surface area contributed by atoms with Crippen LogP contribution < -0.4 is 5.73 Å². The fraction of sp³-hybridized carbons (Fsp3) is 0.294. The molecule has 0 aliphatic heterocycles. The molecule has 0 aliphatic rings. The minimum absolute atomic E-state index is 0.0910. The summed E-state index contributed by atoms with van der Waals surface area (Å²) < 4.78 is 27.3. The molecule has 0 saturated carbocycles. The first-order valence-electron chi connectivity index (χ1n) is 7.77. The second-order valence-electron chi connectivity index (χ2n) is 5.75. The van der Waals surface area contributed by atoms with E-state index in [-0.39, 0.29) is 30.2 Å². The Hall–Kier alpha value is -2.29. The summed E-state index contributed by atoms with van der Waals surface area (Å²) in [5.41, 5.74) is 7.20. The van der Waals surface area contributed by atoms with Crippen LogP contribution in [0.25, 0.3) is 0 Å². The van der Waals surface area contributed by atoms with Gasteiger partial charge in [-0.3, -0.25) is 10.1 Å². The van der Waals surface area contributed by atoms with E-state index < -0.39 is 14.9 Å². The summed E-state index contributed by atoms with van der Waals surface area (Å²) in [4.78, 5) is 10.6. The van der Waals surface area contributed by atoms with Gasteiger partial charge in [0.25, 0.3) is 5.69 Å². The molecular formula is C17H21N3O4S. The molecule has 2 aromatic rings. The van der Waals surface area contributed by atoms with Crippen LogP contribution in [0, 0.1) is 24.0 Å². The molecule has 0 spiro atoms. The average Bonchev–Trinajstić information content (AvgIpc) is 2.57. The van der Waals surface area contributed by atoms with Crippen LogP contribution in [-0.4, -0.2) is 30.7 Å². The summed E-state index contributed by atoms with van der Waals surface area (Å²) in [5, 5.41) is 11.2. The smallest absolute Gasteiger partial charge is 0.273 e. The molecule has 2 aromatic carbocycles. The van der Waals surface area contributed by atoms with E-state index in [0.717, 1.165) is 11.6 Å². The Kier molecular flexibility index (Phi) is 5.89. The third-order valence-electron chi connectivity index (χ3n) is 4.03. The highest BCUT2D eigenvalue weighted by atomic mass is 32.2. The molecule has 0 radical (unpaired) electrons. The Labute approximate surface area is 147 Å². The van der Waals surface area contributed by atoms with Gasteiger partial charge in [0.2, 0.25) is 10.0 Å². The number of hydrogen-bond donors (Lipinski definition) is 1. The van der Waals surface area contributed by atoms with Crippen LogP contribution in [0.2, 0.25) is 0 Å². The van der Waals surface area contributed by atoms with Crippen LogP contribution in [0.4, 0.5) is 5.69 Å². The van der Waals surface area contributed by atoms with Gasteiger partial charge in [0.1, 0.15) is 0 Å². The van der Waals surface area contributed by atoms with Crippen LogP contribution >= 0.6 is 0 Å². The number of hydrogen-bond acceptors (Lipinski definition) is 5. The van der Waals surface area contributed by atoms with Gasteiger partial charge in [0.15, 0.2) is 0 Å². The maximum atomic E-state index is 13.0. The minimum Gasteiger partial charge on any atom is -0.329 e. The van der Waals surface area contributed by atoms with E-state index in [1.807, 2.05) is 30.3 Å². The summed E-state index contributed by atoms with van der Waals surface area (Å²) in [6.07, 6.45) is 0. The van der Waals surface area contributed by atoms with Crippen LogP contribution in [0.3, 0.4) is 0 Å². The lowest BCUT2D eigenvalue weighted by Gasteiger charge is -2.22. The molecule has 0 atom stereocenters. The van der Waals surface area contributed by atoms with Crippen molar-refractivity contribution < 1.29 is 13.3 Å². The standard InChI is InChI=1S/C17H21N3O4S/c1-13-10-16(11-17(14(13)2)20(21)22)25(23,24)19(9-8-18)12-15-6-4-3-5-7-15/h3-7,10-11H,8-9,12,18H2,1-2H3. The van der Waals surface area contributed by atoms with Crippen LogP contribution in [-0.2, 0) is 16.6 Å². The zero-order valence-corrected chi connectivity index (χ0v) is 15.0. The maximum Gasteiger partial charge on any atom is 0.273 e. The highest BCUT2D eigenvalue weighted by Gasteiger charge is 2.27. The van der Waals surface area contributed by atoms with Crippen molar-refractivity contribution in [2.45, 2.75) is 25.3 Å². The van der Waals surface area contributed by atoms with Gasteiger partial charge in [-0.05, 0) is 31.0 Å². The van der Waals surface area contributed by atoms with Crippen molar-refractivity contribution in [2.75, 3.05) is 13.1 Å². The highest BCUT2D eigenvalue weighted by Crippen LogP contribution is 2.28. The lowest BCUT2D eigenvalue weighted by molar-refractivity contribution is -0.385. The number of rotatable bonds is 7. The lowest BCUT2D eigenvalue weighted by atomic mass is 10.1. The van der Waals surface area contributed by atoms with Crippen LogP contribution in [0.5, 0.6) is 0 Å².